The van der Waals surface area contributed by atoms with Crippen molar-refractivity contribution in [3.05, 3.63) is 59.2 Å². The lowest BCUT2D eigenvalue weighted by molar-refractivity contribution is 0.00691. The Labute approximate surface area is 249 Å². The van der Waals surface area contributed by atoms with Gasteiger partial charge in [-0.2, -0.15) is 0 Å². The van der Waals surface area contributed by atoms with Crippen LogP contribution in [0.15, 0.2) is 42.5 Å². The molecule has 0 unspecified atom stereocenters. The molecule has 2 aromatic rings. The molecular formula is C33H46N2O7. The van der Waals surface area contributed by atoms with Gasteiger partial charge in [0.15, 0.2) is 0 Å². The zero-order chi connectivity index (χ0) is 30.9. The molecule has 42 heavy (non-hydrogen) atoms. The molecule has 1 aliphatic carbocycles. The molecule has 1 N–H and O–H groups in total. The average molecular weight is 583 g/mol. The molecule has 0 spiro atoms. The molecule has 2 aliphatic rings. The molecule has 4 rings (SSSR count). The van der Waals surface area contributed by atoms with Gasteiger partial charge in [0.05, 0.1) is 30.9 Å². The highest BCUT2D eigenvalue weighted by Crippen LogP contribution is 2.29. The Morgan fingerprint density at radius 3 is 1.98 bits per heavy atom. The summed E-state index contributed by atoms with van der Waals surface area (Å²) < 4.78 is 14.4. The Balaban J connectivity index is 0.000000274. The number of phenolic OH excluding ortho intramolecular Hbond substituents is 1. The van der Waals surface area contributed by atoms with Crippen LogP contribution in [0.1, 0.15) is 90.9 Å². The summed E-state index contributed by atoms with van der Waals surface area (Å²) in [5.74, 6) is -0.906. The Bertz CT molecular complexity index is 1190. The van der Waals surface area contributed by atoms with Gasteiger partial charge in [0.25, 0.3) is 0 Å². The zero-order valence-electron chi connectivity index (χ0n) is 25.9. The quantitative estimate of drug-likeness (QED) is 0.310. The van der Waals surface area contributed by atoms with Crippen molar-refractivity contribution in [2.24, 2.45) is 5.92 Å². The number of aromatic hydroxyl groups is 1. The van der Waals surface area contributed by atoms with Gasteiger partial charge in [0, 0.05) is 31.4 Å². The molecule has 9 heteroatoms. The van der Waals surface area contributed by atoms with E-state index in [9.17, 15) is 19.5 Å². The Kier molecular flexibility index (Phi) is 11.8. The Morgan fingerprint density at radius 1 is 0.881 bits per heavy atom. The van der Waals surface area contributed by atoms with Crippen LogP contribution >= 0.6 is 0 Å². The molecule has 9 nitrogen and oxygen atoms in total. The molecule has 0 bridgehead atoms. The number of methoxy groups -OCH3 is 2. The third-order valence-electron chi connectivity index (χ3n) is 7.79. The number of anilines is 1. The van der Waals surface area contributed by atoms with Crippen molar-refractivity contribution in [2.75, 3.05) is 45.3 Å². The van der Waals surface area contributed by atoms with Crippen LogP contribution in [0.4, 0.5) is 5.69 Å². The van der Waals surface area contributed by atoms with Crippen molar-refractivity contribution in [2.45, 2.75) is 71.4 Å². The van der Waals surface area contributed by atoms with E-state index in [2.05, 4.69) is 38.3 Å². The third kappa shape index (κ3) is 9.21. The lowest BCUT2D eigenvalue weighted by atomic mass is 9.89. The summed E-state index contributed by atoms with van der Waals surface area (Å²) in [6.45, 7) is 12.7. The summed E-state index contributed by atoms with van der Waals surface area (Å²) in [4.78, 5) is 39.8. The van der Waals surface area contributed by atoms with E-state index in [1.165, 1.54) is 77.2 Å². The number of hydrogen-bond acceptors (Lipinski definition) is 9. The monoisotopic (exact) mass is 582 g/mol. The largest absolute Gasteiger partial charge is 0.508 e. The number of phenols is 1. The van der Waals surface area contributed by atoms with Crippen molar-refractivity contribution in [1.29, 1.82) is 0 Å². The average Bonchev–Trinajstić information content (AvgIpc) is 2.95. The smallest absolute Gasteiger partial charge is 0.338 e. The highest BCUT2D eigenvalue weighted by atomic mass is 16.6. The minimum atomic E-state index is -0.702. The van der Waals surface area contributed by atoms with Crippen molar-refractivity contribution >= 4 is 23.6 Å². The lowest BCUT2D eigenvalue weighted by Crippen LogP contribution is -2.45. The third-order valence-corrected chi connectivity index (χ3v) is 7.79. The maximum atomic E-state index is 12.2. The van der Waals surface area contributed by atoms with Crippen molar-refractivity contribution in [1.82, 2.24) is 4.90 Å². The van der Waals surface area contributed by atoms with E-state index in [0.717, 1.165) is 31.1 Å². The van der Waals surface area contributed by atoms with Gasteiger partial charge in [-0.1, -0.05) is 13.3 Å². The van der Waals surface area contributed by atoms with Crippen LogP contribution < -0.4 is 4.90 Å². The summed E-state index contributed by atoms with van der Waals surface area (Å²) in [5, 5.41) is 9.18. The number of benzene rings is 2. The first-order valence-electron chi connectivity index (χ1n) is 14.8. The fourth-order valence-corrected chi connectivity index (χ4v) is 5.24. The summed E-state index contributed by atoms with van der Waals surface area (Å²) >= 11 is 0. The standard InChI is InChI=1S/C23H36N2O2.C10H10O5/c1-5-24(20-7-6-8-20)17-18-13-15-25(16-14-18)21-11-9-19(10-12-21)22(26)27-23(2,3)4;1-14-9(12)7-4-3-6(11)5-8(7)10(13)15-2/h9-12,18,20H,5-8,13-17H2,1-4H3;3-5,11H,1-2H3. The fraction of sp³-hybridized carbons (Fsp3) is 0.545. The summed E-state index contributed by atoms with van der Waals surface area (Å²) in [6, 6.07) is 12.5. The SMILES string of the molecule is CCN(CC1CCN(c2ccc(C(=O)OC(C)(C)C)cc2)CC1)C1CCC1.COC(=O)c1ccc(O)cc1C(=O)OC. The van der Waals surface area contributed by atoms with Crippen molar-refractivity contribution in [3.8, 4) is 5.75 Å². The van der Waals surface area contributed by atoms with Gasteiger partial charge in [-0.25, -0.2) is 14.4 Å². The second kappa shape index (κ2) is 15.0. The number of ether oxygens (including phenoxy) is 3. The van der Waals surface area contributed by atoms with E-state index >= 15 is 0 Å². The Hall–Kier alpha value is -3.59. The lowest BCUT2D eigenvalue weighted by Gasteiger charge is -2.41. The van der Waals surface area contributed by atoms with Crippen molar-refractivity contribution < 1.29 is 33.7 Å². The molecule has 2 aromatic carbocycles. The predicted octanol–water partition coefficient (Wildman–Crippen LogP) is 5.70. The first kappa shape index (κ1) is 32.9. The summed E-state index contributed by atoms with van der Waals surface area (Å²) in [7, 11) is 2.39. The molecule has 2 fully saturated rings. The minimum absolute atomic E-state index is 0.0237. The maximum absolute atomic E-state index is 12.2. The van der Waals surface area contributed by atoms with Gasteiger partial charge in [0.2, 0.25) is 0 Å². The fourth-order valence-electron chi connectivity index (χ4n) is 5.24. The van der Waals surface area contributed by atoms with E-state index in [4.69, 9.17) is 4.74 Å². The second-order valence-electron chi connectivity index (χ2n) is 11.9. The molecule has 1 saturated heterocycles. The van der Waals surface area contributed by atoms with Gasteiger partial charge in [-0.3, -0.25) is 0 Å². The summed E-state index contributed by atoms with van der Waals surface area (Å²) in [5.41, 5.74) is 1.42. The normalized spacial score (nSPS) is 15.7. The maximum Gasteiger partial charge on any atom is 0.338 e. The van der Waals surface area contributed by atoms with Gasteiger partial charge in [-0.05, 0) is 101 Å². The van der Waals surface area contributed by atoms with E-state index in [1.807, 2.05) is 32.9 Å². The van der Waals surface area contributed by atoms with Crippen LogP contribution in [-0.4, -0.2) is 80.0 Å². The van der Waals surface area contributed by atoms with Crippen LogP contribution in [0.5, 0.6) is 5.75 Å². The first-order valence-corrected chi connectivity index (χ1v) is 14.8. The zero-order valence-corrected chi connectivity index (χ0v) is 25.9. The van der Waals surface area contributed by atoms with E-state index in [1.54, 1.807) is 0 Å². The second-order valence-corrected chi connectivity index (χ2v) is 11.9. The number of rotatable bonds is 8. The number of piperidine rings is 1. The van der Waals surface area contributed by atoms with E-state index in [0.29, 0.717) is 5.56 Å². The number of esters is 3. The molecule has 0 aromatic heterocycles. The van der Waals surface area contributed by atoms with Gasteiger partial charge in [-0.15, -0.1) is 0 Å². The number of carbonyl (C=O) groups is 3. The Morgan fingerprint density at radius 2 is 1.48 bits per heavy atom. The van der Waals surface area contributed by atoms with Crippen LogP contribution in [0.25, 0.3) is 0 Å². The highest BCUT2D eigenvalue weighted by Gasteiger charge is 2.28. The van der Waals surface area contributed by atoms with Crippen molar-refractivity contribution in [3.63, 3.8) is 0 Å². The number of carbonyl (C=O) groups excluding carboxylic acids is 3. The van der Waals surface area contributed by atoms with Crippen LogP contribution in [0.3, 0.4) is 0 Å². The van der Waals surface area contributed by atoms with Crippen LogP contribution in [0, 0.1) is 5.92 Å². The molecule has 1 aliphatic heterocycles. The first-order chi connectivity index (χ1) is 19.9. The van der Waals surface area contributed by atoms with E-state index < -0.39 is 17.5 Å². The predicted molar refractivity (Wildman–Crippen MR) is 162 cm³/mol. The number of hydrogen-bond donors (Lipinski definition) is 1. The number of nitrogens with zero attached hydrogens (tertiary/aromatic N) is 2. The highest BCUT2D eigenvalue weighted by molar-refractivity contribution is 6.03. The van der Waals surface area contributed by atoms with E-state index in [-0.39, 0.29) is 22.8 Å². The van der Waals surface area contributed by atoms with Gasteiger partial charge >= 0.3 is 17.9 Å². The van der Waals surface area contributed by atoms with Crippen LogP contribution in [0.2, 0.25) is 0 Å². The molecule has 0 atom stereocenters. The molecule has 0 amide bonds. The molecular weight excluding hydrogens is 536 g/mol. The molecule has 1 saturated carbocycles. The van der Waals surface area contributed by atoms with Crippen LogP contribution in [-0.2, 0) is 14.2 Å². The molecule has 230 valence electrons. The van der Waals surface area contributed by atoms with Gasteiger partial charge in [0.1, 0.15) is 11.4 Å². The molecule has 1 heterocycles. The molecule has 0 radical (unpaired) electrons. The summed E-state index contributed by atoms with van der Waals surface area (Å²) in [6.07, 6.45) is 6.74. The topological polar surface area (TPSA) is 106 Å². The minimum Gasteiger partial charge on any atom is -0.508 e. The van der Waals surface area contributed by atoms with Gasteiger partial charge < -0.3 is 29.1 Å².